The van der Waals surface area contributed by atoms with Crippen LogP contribution in [0.15, 0.2) is 36.5 Å². The van der Waals surface area contributed by atoms with E-state index in [1.54, 1.807) is 0 Å². The highest BCUT2D eigenvalue weighted by Crippen LogP contribution is 2.15. The lowest BCUT2D eigenvalue weighted by molar-refractivity contribution is -0.167. The van der Waals surface area contributed by atoms with Gasteiger partial charge in [-0.15, -0.1) is 0 Å². The van der Waals surface area contributed by atoms with Crippen LogP contribution in [0.4, 0.5) is 0 Å². The van der Waals surface area contributed by atoms with Crippen molar-refractivity contribution in [3.05, 3.63) is 36.5 Å². The van der Waals surface area contributed by atoms with Crippen molar-refractivity contribution >= 4 is 17.9 Å². The van der Waals surface area contributed by atoms with Crippen LogP contribution < -0.4 is 0 Å². The Kier molecular flexibility index (Phi) is 46.4. The highest BCUT2D eigenvalue weighted by molar-refractivity contribution is 5.71. The fourth-order valence-electron chi connectivity index (χ4n) is 7.27. The Hall–Kier alpha value is -2.37. The van der Waals surface area contributed by atoms with E-state index in [0.29, 0.717) is 19.3 Å². The molecule has 0 aliphatic heterocycles. The molecule has 6 nitrogen and oxygen atoms in total. The number of hydrogen-bond donors (Lipinski definition) is 0. The van der Waals surface area contributed by atoms with Gasteiger partial charge in [0, 0.05) is 19.3 Å². The SMILES string of the molecule is CCCCC/C=C\C/C=C\C/C=C\CCCCC(=O)O[C@H](COC(=O)CCCCCCCCCCCC)COC(=O)CCCCCCCCCCCCCCCCCC. The molecule has 0 aliphatic carbocycles. The molecule has 0 aromatic rings. The minimum Gasteiger partial charge on any atom is -0.462 e. The Morgan fingerprint density at radius 1 is 0.339 bits per heavy atom. The number of carbonyl (C=O) groups excluding carboxylic acids is 3. The first-order valence-corrected chi connectivity index (χ1v) is 25.5. The Morgan fingerprint density at radius 3 is 0.983 bits per heavy atom. The maximum Gasteiger partial charge on any atom is 0.306 e. The molecule has 0 fully saturated rings. The predicted molar refractivity (Wildman–Crippen MR) is 252 cm³/mol. The van der Waals surface area contributed by atoms with Crippen molar-refractivity contribution in [2.75, 3.05) is 13.2 Å². The maximum atomic E-state index is 12.7. The largest absolute Gasteiger partial charge is 0.462 e. The van der Waals surface area contributed by atoms with Gasteiger partial charge < -0.3 is 14.2 Å². The normalized spacial score (nSPS) is 12.3. The molecule has 0 aliphatic rings. The lowest BCUT2D eigenvalue weighted by atomic mass is 10.0. The summed E-state index contributed by atoms with van der Waals surface area (Å²) in [4.78, 5) is 37.9. The fourth-order valence-corrected chi connectivity index (χ4v) is 7.27. The highest BCUT2D eigenvalue weighted by Gasteiger charge is 2.19. The molecule has 0 unspecified atom stereocenters. The van der Waals surface area contributed by atoms with Gasteiger partial charge in [-0.1, -0.05) is 224 Å². The first-order valence-electron chi connectivity index (χ1n) is 25.5. The van der Waals surface area contributed by atoms with E-state index in [4.69, 9.17) is 14.2 Å². The molecule has 344 valence electrons. The Morgan fingerprint density at radius 2 is 0.610 bits per heavy atom. The van der Waals surface area contributed by atoms with Crippen LogP contribution in [-0.4, -0.2) is 37.2 Å². The molecule has 6 heteroatoms. The second kappa shape index (κ2) is 48.3. The van der Waals surface area contributed by atoms with Gasteiger partial charge in [0.15, 0.2) is 6.10 Å². The van der Waals surface area contributed by atoms with Crippen molar-refractivity contribution in [3.8, 4) is 0 Å². The van der Waals surface area contributed by atoms with Gasteiger partial charge in [-0.05, 0) is 57.8 Å². The van der Waals surface area contributed by atoms with Gasteiger partial charge in [-0.2, -0.15) is 0 Å². The quantitative estimate of drug-likeness (QED) is 0.0263. The van der Waals surface area contributed by atoms with E-state index in [-0.39, 0.29) is 37.5 Å². The van der Waals surface area contributed by atoms with E-state index in [1.165, 1.54) is 154 Å². The van der Waals surface area contributed by atoms with Crippen LogP contribution in [-0.2, 0) is 28.6 Å². The maximum absolute atomic E-state index is 12.7. The zero-order valence-electron chi connectivity index (χ0n) is 39.3. The zero-order chi connectivity index (χ0) is 43.0. The second-order valence-electron chi connectivity index (χ2n) is 17.1. The molecule has 0 heterocycles. The monoisotopic (exact) mass is 829 g/mol. The summed E-state index contributed by atoms with van der Waals surface area (Å²) < 4.78 is 16.7. The minimum atomic E-state index is -0.785. The molecule has 0 aromatic carbocycles. The predicted octanol–water partition coefficient (Wildman–Crippen LogP) is 16.5. The van der Waals surface area contributed by atoms with E-state index in [2.05, 4.69) is 57.2 Å². The van der Waals surface area contributed by atoms with Crippen LogP contribution in [0.1, 0.15) is 265 Å². The van der Waals surface area contributed by atoms with Crippen LogP contribution in [0.25, 0.3) is 0 Å². The number of allylic oxidation sites excluding steroid dienone is 6. The number of hydrogen-bond acceptors (Lipinski definition) is 6. The fraction of sp³-hybridized carbons (Fsp3) is 0.830. The number of rotatable bonds is 46. The molecular formula is C53H96O6. The van der Waals surface area contributed by atoms with Crippen LogP contribution in [0.5, 0.6) is 0 Å². The van der Waals surface area contributed by atoms with Crippen molar-refractivity contribution in [3.63, 3.8) is 0 Å². The van der Waals surface area contributed by atoms with E-state index < -0.39 is 6.10 Å². The smallest absolute Gasteiger partial charge is 0.306 e. The van der Waals surface area contributed by atoms with Gasteiger partial charge >= 0.3 is 17.9 Å². The Labute approximate surface area is 365 Å². The first kappa shape index (κ1) is 56.6. The highest BCUT2D eigenvalue weighted by atomic mass is 16.6. The summed E-state index contributed by atoms with van der Waals surface area (Å²) in [5.74, 6) is -0.913. The van der Waals surface area contributed by atoms with Crippen molar-refractivity contribution in [2.24, 2.45) is 0 Å². The van der Waals surface area contributed by atoms with Crippen molar-refractivity contribution < 1.29 is 28.6 Å². The minimum absolute atomic E-state index is 0.0835. The van der Waals surface area contributed by atoms with E-state index in [1.807, 2.05) is 0 Å². The topological polar surface area (TPSA) is 78.9 Å². The van der Waals surface area contributed by atoms with Crippen LogP contribution in [0.2, 0.25) is 0 Å². The third-order valence-electron chi connectivity index (χ3n) is 11.1. The molecule has 0 spiro atoms. The summed E-state index contributed by atoms with van der Waals surface area (Å²) in [6.45, 7) is 6.58. The molecule has 0 saturated carbocycles. The third-order valence-corrected chi connectivity index (χ3v) is 11.1. The van der Waals surface area contributed by atoms with Crippen molar-refractivity contribution in [1.82, 2.24) is 0 Å². The van der Waals surface area contributed by atoms with Crippen LogP contribution in [0, 0.1) is 0 Å². The Balaban J connectivity index is 4.38. The molecule has 0 N–H and O–H groups in total. The average Bonchev–Trinajstić information content (AvgIpc) is 3.23. The lowest BCUT2D eigenvalue weighted by Gasteiger charge is -2.18. The lowest BCUT2D eigenvalue weighted by Crippen LogP contribution is -2.30. The van der Waals surface area contributed by atoms with Crippen LogP contribution >= 0.6 is 0 Å². The number of unbranched alkanes of at least 4 members (excludes halogenated alkanes) is 29. The van der Waals surface area contributed by atoms with Gasteiger partial charge in [-0.25, -0.2) is 0 Å². The number of carbonyl (C=O) groups is 3. The number of ether oxygens (including phenoxy) is 3. The Bertz CT molecular complexity index is 1000. The third kappa shape index (κ3) is 46.5. The molecule has 0 amide bonds. The van der Waals surface area contributed by atoms with Crippen molar-refractivity contribution in [1.29, 1.82) is 0 Å². The molecular weight excluding hydrogens is 733 g/mol. The summed E-state index contributed by atoms with van der Waals surface area (Å²) >= 11 is 0. The number of esters is 3. The molecule has 0 aromatic heterocycles. The van der Waals surface area contributed by atoms with Gasteiger partial charge in [0.25, 0.3) is 0 Å². The molecule has 0 radical (unpaired) electrons. The first-order chi connectivity index (χ1) is 29.0. The van der Waals surface area contributed by atoms with Gasteiger partial charge in [0.1, 0.15) is 13.2 Å². The average molecular weight is 829 g/mol. The van der Waals surface area contributed by atoms with Crippen LogP contribution in [0.3, 0.4) is 0 Å². The summed E-state index contributed by atoms with van der Waals surface area (Å²) in [6, 6.07) is 0. The summed E-state index contributed by atoms with van der Waals surface area (Å²) in [7, 11) is 0. The standard InChI is InChI=1S/C53H96O6/c1-4-7-10-13-16-19-22-24-26-28-29-31-34-37-40-43-46-52(55)58-49-50(48-57-51(54)45-42-39-36-33-21-18-15-12-9-6-3)59-53(56)47-44-41-38-35-32-30-27-25-23-20-17-14-11-8-5-2/h17,20,25,27,32,35,50H,4-16,18-19,21-24,26,28-31,33-34,36-49H2,1-3H3/b20-17-,27-25-,35-32-/t50-/m1/s1. The van der Waals surface area contributed by atoms with Gasteiger partial charge in [0.05, 0.1) is 0 Å². The zero-order valence-corrected chi connectivity index (χ0v) is 39.3. The van der Waals surface area contributed by atoms with E-state index in [9.17, 15) is 14.4 Å². The summed E-state index contributed by atoms with van der Waals surface area (Å²) in [6.07, 6.45) is 55.6. The summed E-state index contributed by atoms with van der Waals surface area (Å²) in [5.41, 5.74) is 0. The molecule has 59 heavy (non-hydrogen) atoms. The molecule has 1 atom stereocenters. The van der Waals surface area contributed by atoms with Gasteiger partial charge in [0.2, 0.25) is 0 Å². The second-order valence-corrected chi connectivity index (χ2v) is 17.1. The summed E-state index contributed by atoms with van der Waals surface area (Å²) in [5, 5.41) is 0. The van der Waals surface area contributed by atoms with E-state index >= 15 is 0 Å². The molecule has 0 rings (SSSR count). The van der Waals surface area contributed by atoms with Crippen molar-refractivity contribution in [2.45, 2.75) is 271 Å². The molecule has 0 saturated heterocycles. The van der Waals surface area contributed by atoms with E-state index in [0.717, 1.165) is 64.2 Å². The van der Waals surface area contributed by atoms with Gasteiger partial charge in [-0.3, -0.25) is 14.4 Å². The molecule has 0 bridgehead atoms.